The Morgan fingerprint density at radius 1 is 0.900 bits per heavy atom. The topological polar surface area (TPSA) is 166 Å². The van der Waals surface area contributed by atoms with Crippen LogP contribution in [0.2, 0.25) is 5.02 Å². The van der Waals surface area contributed by atoms with Gasteiger partial charge < -0.3 is 19.6 Å². The van der Waals surface area contributed by atoms with Gasteiger partial charge in [-0.2, -0.15) is 5.26 Å². The molecule has 60 heavy (non-hydrogen) atoms. The minimum absolute atomic E-state index is 0.00844. The normalized spacial score (nSPS) is 23.7. The minimum atomic E-state index is -1.11. The Balaban J connectivity index is 0.745. The Hall–Kier alpha value is -5.66. The van der Waals surface area contributed by atoms with Crippen molar-refractivity contribution < 1.29 is 28.4 Å². The van der Waals surface area contributed by atoms with E-state index in [9.17, 15) is 29.2 Å². The van der Waals surface area contributed by atoms with Crippen molar-refractivity contribution in [2.24, 2.45) is 5.41 Å². The fraction of sp³-hybridized carbons (Fsp3) is 0.488. The molecule has 7 heterocycles. The molecule has 0 aliphatic carbocycles. The lowest BCUT2D eigenvalue weighted by Gasteiger charge is -2.43. The number of nitrogens with one attached hydrogen (secondary N) is 1. The molecule has 2 aromatic carbocycles. The third kappa shape index (κ3) is 7.21. The van der Waals surface area contributed by atoms with Crippen LogP contribution in [0.1, 0.15) is 88.5 Å². The number of anilines is 3. The number of hydrogen-bond donors (Lipinski definition) is 1. The maximum Gasteiger partial charge on any atom is 0.262 e. The monoisotopic (exact) mass is 836 g/mol. The van der Waals surface area contributed by atoms with Crippen LogP contribution in [-0.2, 0) is 9.59 Å². The molecule has 5 fully saturated rings. The van der Waals surface area contributed by atoms with Crippen LogP contribution in [0, 0.1) is 22.6 Å². The number of nitrogens with zero attached hydrogens (tertiary/aromatic N) is 9. The summed E-state index contributed by atoms with van der Waals surface area (Å²) in [6.45, 7) is 8.49. The van der Waals surface area contributed by atoms with E-state index in [1.54, 1.807) is 18.5 Å². The van der Waals surface area contributed by atoms with Crippen molar-refractivity contribution >= 4 is 58.5 Å². The molecule has 6 aliphatic rings. The third-order valence-corrected chi connectivity index (χ3v) is 13.9. The largest absolute Gasteiger partial charge is 0.369 e. The first-order valence-electron chi connectivity index (χ1n) is 20.8. The number of amides is 5. The minimum Gasteiger partial charge on any atom is -0.369 e. The second-order valence-electron chi connectivity index (χ2n) is 17.1. The first-order chi connectivity index (χ1) is 28.9. The Morgan fingerprint density at radius 3 is 2.23 bits per heavy atom. The first kappa shape index (κ1) is 39.8. The second kappa shape index (κ2) is 15.7. The van der Waals surface area contributed by atoms with Crippen LogP contribution >= 0.6 is 11.6 Å². The maximum absolute atomic E-state index is 15.5. The van der Waals surface area contributed by atoms with Crippen molar-refractivity contribution in [3.8, 4) is 6.07 Å². The number of halogens is 2. The highest BCUT2D eigenvalue weighted by atomic mass is 35.5. The Bertz CT molecular complexity index is 2300. The number of aromatic nitrogens is 2. The molecule has 17 heteroatoms. The molecule has 3 aromatic rings. The molecule has 0 radical (unpaired) electrons. The number of fused-ring (bicyclic) bond motifs is 1. The molecule has 5 amide bonds. The lowest BCUT2D eigenvalue weighted by atomic mass is 9.77. The Morgan fingerprint density at radius 2 is 1.58 bits per heavy atom. The van der Waals surface area contributed by atoms with Crippen molar-refractivity contribution in [2.45, 2.75) is 70.0 Å². The van der Waals surface area contributed by atoms with E-state index >= 15 is 4.39 Å². The summed E-state index contributed by atoms with van der Waals surface area (Å²) in [5.41, 5.74) is 2.40. The average Bonchev–Trinajstić information content (AvgIpc) is 3.70. The first-order valence-corrected chi connectivity index (χ1v) is 21.2. The van der Waals surface area contributed by atoms with Crippen LogP contribution in [0.3, 0.4) is 0 Å². The Labute approximate surface area is 352 Å². The van der Waals surface area contributed by atoms with E-state index in [1.165, 1.54) is 6.07 Å². The van der Waals surface area contributed by atoms with E-state index < -0.39 is 35.5 Å². The highest BCUT2D eigenvalue weighted by Crippen LogP contribution is 2.46. The van der Waals surface area contributed by atoms with E-state index in [0.29, 0.717) is 67.4 Å². The molecular formula is C43H46ClFN10O5. The van der Waals surface area contributed by atoms with Gasteiger partial charge in [-0.25, -0.2) is 14.4 Å². The Kier molecular flexibility index (Phi) is 10.4. The molecule has 1 aromatic heterocycles. The van der Waals surface area contributed by atoms with Crippen LogP contribution in [0.5, 0.6) is 0 Å². The number of piperazine rings is 1. The summed E-state index contributed by atoms with van der Waals surface area (Å²) < 4.78 is 15.5. The third-order valence-electron chi connectivity index (χ3n) is 13.6. The molecule has 0 saturated carbocycles. The number of imide groups is 2. The molecule has 1 spiro atoms. The van der Waals surface area contributed by atoms with Gasteiger partial charge in [0.25, 0.3) is 17.7 Å². The molecule has 6 aliphatic heterocycles. The van der Waals surface area contributed by atoms with E-state index in [1.807, 2.05) is 21.9 Å². The van der Waals surface area contributed by atoms with Gasteiger partial charge in [0.05, 0.1) is 33.0 Å². The summed E-state index contributed by atoms with van der Waals surface area (Å²) in [6, 6.07) is 9.81. The van der Waals surface area contributed by atoms with Gasteiger partial charge in [0.15, 0.2) is 0 Å². The number of carbonyl (C=O) groups excluding carboxylic acids is 5. The molecule has 2 atom stereocenters. The lowest BCUT2D eigenvalue weighted by molar-refractivity contribution is -0.136. The van der Waals surface area contributed by atoms with Crippen molar-refractivity contribution in [3.05, 3.63) is 75.8 Å². The van der Waals surface area contributed by atoms with E-state index in [0.717, 1.165) is 68.4 Å². The molecule has 9 rings (SSSR count). The zero-order chi connectivity index (χ0) is 41.9. The van der Waals surface area contributed by atoms with Gasteiger partial charge in [0, 0.05) is 95.5 Å². The smallest absolute Gasteiger partial charge is 0.262 e. The van der Waals surface area contributed by atoms with Gasteiger partial charge >= 0.3 is 0 Å². The molecule has 5 saturated heterocycles. The van der Waals surface area contributed by atoms with Crippen molar-refractivity contribution in [2.75, 3.05) is 73.6 Å². The van der Waals surface area contributed by atoms with Gasteiger partial charge in [-0.15, -0.1) is 0 Å². The predicted octanol–water partition coefficient (Wildman–Crippen LogP) is 3.85. The summed E-state index contributed by atoms with van der Waals surface area (Å²) >= 11 is 6.36. The van der Waals surface area contributed by atoms with Crippen LogP contribution < -0.4 is 20.0 Å². The molecule has 0 bridgehead atoms. The fourth-order valence-corrected chi connectivity index (χ4v) is 10.5. The van der Waals surface area contributed by atoms with E-state index in [2.05, 4.69) is 43.0 Å². The van der Waals surface area contributed by atoms with Gasteiger partial charge in [0.1, 0.15) is 17.9 Å². The number of carbonyl (C=O) groups is 5. The average molecular weight is 837 g/mol. The van der Waals surface area contributed by atoms with Crippen LogP contribution in [0.25, 0.3) is 0 Å². The summed E-state index contributed by atoms with van der Waals surface area (Å²) in [7, 11) is 0. The quantitative estimate of drug-likeness (QED) is 0.357. The van der Waals surface area contributed by atoms with Crippen LogP contribution in [0.15, 0.2) is 42.7 Å². The highest BCUT2D eigenvalue weighted by molar-refractivity contribution is 6.32. The van der Waals surface area contributed by atoms with E-state index in [4.69, 9.17) is 11.6 Å². The van der Waals surface area contributed by atoms with Crippen molar-refractivity contribution in [1.82, 2.24) is 30.0 Å². The molecule has 15 nitrogen and oxygen atoms in total. The number of rotatable bonds is 6. The van der Waals surface area contributed by atoms with Crippen molar-refractivity contribution in [3.63, 3.8) is 0 Å². The summed E-state index contributed by atoms with van der Waals surface area (Å²) in [5, 5.41) is 11.9. The molecule has 312 valence electrons. The number of nitriles is 1. The standard InChI is InChI=1S/C43H46ClFN10O5/c1-26-21-43(25-54(26)30-3-2-27(22-46)33(44)18-30)8-12-53(13-9-43)42-47-23-28(24-48-42)39(58)52-16-14-50(15-17-52)29-6-10-51(11-7-29)36-20-32-31(19-34(36)45)40(59)55(41(32)60)35-4-5-37(56)49-38(35)57/h2-3,18-20,23-24,26,29,35H,4-17,21,25H2,1H3,(H,49,56,57)/t26-,35?/m0/s1. The lowest BCUT2D eigenvalue weighted by Crippen LogP contribution is -2.54. The number of benzene rings is 2. The number of piperidine rings is 3. The zero-order valence-electron chi connectivity index (χ0n) is 33.4. The zero-order valence-corrected chi connectivity index (χ0v) is 34.2. The van der Waals surface area contributed by atoms with Gasteiger partial charge in [-0.05, 0) is 81.2 Å². The van der Waals surface area contributed by atoms with Gasteiger partial charge in [-0.1, -0.05) is 11.6 Å². The van der Waals surface area contributed by atoms with Crippen molar-refractivity contribution in [1.29, 1.82) is 5.26 Å². The molecule has 1 unspecified atom stereocenters. The molecule has 1 N–H and O–H groups in total. The fourth-order valence-electron chi connectivity index (χ4n) is 10.2. The SMILES string of the molecule is C[C@H]1CC2(CCN(c3ncc(C(=O)N4CCN(C5CCN(c6cc7c(cc6F)C(=O)N(C6CCC(=O)NC6=O)C7=O)CC5)CC4)cn3)CC2)CN1c1ccc(C#N)c(Cl)c1. The number of hydrogen-bond acceptors (Lipinski definition) is 12. The molecular weight excluding hydrogens is 791 g/mol. The predicted molar refractivity (Wildman–Crippen MR) is 219 cm³/mol. The van der Waals surface area contributed by atoms with Gasteiger partial charge in [-0.3, -0.25) is 39.1 Å². The second-order valence-corrected chi connectivity index (χ2v) is 17.5. The van der Waals surface area contributed by atoms with Crippen LogP contribution in [0.4, 0.5) is 21.7 Å². The van der Waals surface area contributed by atoms with Crippen LogP contribution in [-0.4, -0.2) is 131 Å². The summed E-state index contributed by atoms with van der Waals surface area (Å²) in [6.07, 6.45) is 7.93. The maximum atomic E-state index is 15.5. The summed E-state index contributed by atoms with van der Waals surface area (Å²) in [4.78, 5) is 84.9. The summed E-state index contributed by atoms with van der Waals surface area (Å²) in [5.74, 6) is -2.62. The highest BCUT2D eigenvalue weighted by Gasteiger charge is 2.46. The van der Waals surface area contributed by atoms with E-state index in [-0.39, 0.29) is 47.0 Å². The van der Waals surface area contributed by atoms with Gasteiger partial charge in [0.2, 0.25) is 17.8 Å².